The Morgan fingerprint density at radius 1 is 1.25 bits per heavy atom. The Labute approximate surface area is 117 Å². The van der Waals surface area contributed by atoms with Crippen LogP contribution >= 0.6 is 0 Å². The van der Waals surface area contributed by atoms with E-state index in [0.717, 1.165) is 12.8 Å². The molecule has 20 heavy (non-hydrogen) atoms. The van der Waals surface area contributed by atoms with Gasteiger partial charge in [-0.1, -0.05) is 0 Å². The molecule has 1 aliphatic carbocycles. The highest BCUT2D eigenvalue weighted by atomic mass is 16.5. The second-order valence-corrected chi connectivity index (χ2v) is 5.40. The van der Waals surface area contributed by atoms with Gasteiger partial charge in [0.1, 0.15) is 0 Å². The average Bonchev–Trinajstić information content (AvgIpc) is 3.14. The van der Waals surface area contributed by atoms with Gasteiger partial charge in [0.25, 0.3) is 0 Å². The van der Waals surface area contributed by atoms with Crippen LogP contribution < -0.4 is 0 Å². The minimum absolute atomic E-state index is 0.0375. The molecule has 1 heterocycles. The molecule has 5 heteroatoms. The van der Waals surface area contributed by atoms with Crippen molar-refractivity contribution in [3.8, 4) is 0 Å². The fourth-order valence-electron chi connectivity index (χ4n) is 2.37. The zero-order chi connectivity index (χ0) is 15.0. The van der Waals surface area contributed by atoms with E-state index in [-0.39, 0.29) is 23.5 Å². The normalized spacial score (nSPS) is 15.8. The zero-order valence-electron chi connectivity index (χ0n) is 12.2. The first-order chi connectivity index (χ1) is 9.32. The molecule has 1 fully saturated rings. The maximum atomic E-state index is 12.3. The van der Waals surface area contributed by atoms with Gasteiger partial charge < -0.3 is 9.72 Å². The van der Waals surface area contributed by atoms with Crippen molar-refractivity contribution in [1.82, 2.24) is 4.98 Å². The Morgan fingerprint density at radius 3 is 2.30 bits per heavy atom. The number of nitrogens with one attached hydrogen (secondary N) is 1. The van der Waals surface area contributed by atoms with Crippen LogP contribution in [0.25, 0.3) is 0 Å². The van der Waals surface area contributed by atoms with Crippen molar-refractivity contribution >= 4 is 17.5 Å². The molecular weight excluding hydrogens is 258 g/mol. The van der Waals surface area contributed by atoms with Crippen molar-refractivity contribution in [3.05, 3.63) is 22.5 Å². The van der Waals surface area contributed by atoms with Crippen LogP contribution in [0.1, 0.15) is 58.8 Å². The fraction of sp³-hybridized carbons (Fsp3) is 0.533. The van der Waals surface area contributed by atoms with Crippen LogP contribution in [0.5, 0.6) is 0 Å². The first-order valence-corrected chi connectivity index (χ1v) is 6.77. The van der Waals surface area contributed by atoms with E-state index in [4.69, 9.17) is 4.74 Å². The fourth-order valence-corrected chi connectivity index (χ4v) is 2.37. The molecule has 0 amide bonds. The van der Waals surface area contributed by atoms with Crippen LogP contribution in [-0.2, 0) is 9.53 Å². The van der Waals surface area contributed by atoms with Crippen molar-refractivity contribution in [3.63, 3.8) is 0 Å². The summed E-state index contributed by atoms with van der Waals surface area (Å²) in [5, 5.41) is 0. The number of carbonyl (C=O) groups is 3. The molecule has 5 nitrogen and oxygen atoms in total. The summed E-state index contributed by atoms with van der Waals surface area (Å²) in [7, 11) is 0. The van der Waals surface area contributed by atoms with Gasteiger partial charge in [0, 0.05) is 11.3 Å². The van der Waals surface area contributed by atoms with Gasteiger partial charge in [-0.15, -0.1) is 0 Å². The number of esters is 1. The Morgan fingerprint density at radius 2 is 1.85 bits per heavy atom. The maximum Gasteiger partial charge on any atom is 0.309 e. The third-order valence-electron chi connectivity index (χ3n) is 3.61. The average molecular weight is 277 g/mol. The SMILES string of the molecule is CC(=O)c1c(C)[nH]c(C(=O)C(C)OC(=O)C2CC2)c1C. The van der Waals surface area contributed by atoms with Gasteiger partial charge in [-0.3, -0.25) is 14.4 Å². The number of aromatic amines is 1. The monoisotopic (exact) mass is 277 g/mol. The lowest BCUT2D eigenvalue weighted by atomic mass is 10.0. The quantitative estimate of drug-likeness (QED) is 0.662. The third kappa shape index (κ3) is 2.66. The van der Waals surface area contributed by atoms with E-state index in [1.807, 2.05) is 0 Å². The van der Waals surface area contributed by atoms with Crippen LogP contribution in [0.3, 0.4) is 0 Å². The van der Waals surface area contributed by atoms with Gasteiger partial charge in [-0.05, 0) is 46.1 Å². The molecule has 1 N–H and O–H groups in total. The summed E-state index contributed by atoms with van der Waals surface area (Å²) in [5.74, 6) is -0.729. The largest absolute Gasteiger partial charge is 0.454 e. The number of hydrogen-bond acceptors (Lipinski definition) is 4. The second kappa shape index (κ2) is 5.23. The first kappa shape index (κ1) is 14.5. The number of Topliss-reactive ketones (excluding diaryl/α,β-unsaturated/α-hetero) is 2. The van der Waals surface area contributed by atoms with Crippen LogP contribution in [0.15, 0.2) is 0 Å². The van der Waals surface area contributed by atoms with E-state index >= 15 is 0 Å². The zero-order valence-corrected chi connectivity index (χ0v) is 12.2. The summed E-state index contributed by atoms with van der Waals surface area (Å²) in [6.07, 6.45) is 0.851. The number of H-pyrrole nitrogens is 1. The third-order valence-corrected chi connectivity index (χ3v) is 3.61. The molecule has 1 aromatic rings. The second-order valence-electron chi connectivity index (χ2n) is 5.40. The number of ether oxygens (including phenoxy) is 1. The number of aromatic nitrogens is 1. The Kier molecular flexibility index (Phi) is 3.79. The van der Waals surface area contributed by atoms with Crippen LogP contribution in [0.4, 0.5) is 0 Å². The van der Waals surface area contributed by atoms with Gasteiger partial charge >= 0.3 is 5.97 Å². The number of ketones is 2. The molecule has 1 saturated carbocycles. The predicted octanol–water partition coefficient (Wildman–Crippen LogP) is 2.36. The van der Waals surface area contributed by atoms with Crippen molar-refractivity contribution < 1.29 is 19.1 Å². The minimum Gasteiger partial charge on any atom is -0.454 e. The molecule has 1 atom stereocenters. The van der Waals surface area contributed by atoms with E-state index in [0.29, 0.717) is 22.5 Å². The van der Waals surface area contributed by atoms with Gasteiger partial charge in [0.05, 0.1) is 11.6 Å². The van der Waals surface area contributed by atoms with Gasteiger partial charge in [-0.2, -0.15) is 0 Å². The Hall–Kier alpha value is -1.91. The lowest BCUT2D eigenvalue weighted by Crippen LogP contribution is -2.26. The van der Waals surface area contributed by atoms with Gasteiger partial charge in [-0.25, -0.2) is 0 Å². The van der Waals surface area contributed by atoms with Crippen LogP contribution in [0.2, 0.25) is 0 Å². The van der Waals surface area contributed by atoms with Crippen molar-refractivity contribution in [2.45, 2.75) is 46.6 Å². The first-order valence-electron chi connectivity index (χ1n) is 6.77. The lowest BCUT2D eigenvalue weighted by Gasteiger charge is -2.11. The Balaban J connectivity index is 2.18. The molecule has 0 radical (unpaired) electrons. The molecule has 108 valence electrons. The van der Waals surface area contributed by atoms with E-state index in [1.54, 1.807) is 20.8 Å². The molecule has 1 aliphatic rings. The number of hydrogen-bond donors (Lipinski definition) is 1. The van der Waals surface area contributed by atoms with Gasteiger partial charge in [0.15, 0.2) is 11.9 Å². The smallest absolute Gasteiger partial charge is 0.309 e. The summed E-state index contributed by atoms with van der Waals surface area (Å²) in [6.45, 7) is 6.50. The van der Waals surface area contributed by atoms with Crippen molar-refractivity contribution in [2.75, 3.05) is 0 Å². The van der Waals surface area contributed by atoms with Crippen molar-refractivity contribution in [1.29, 1.82) is 0 Å². The summed E-state index contributed by atoms with van der Waals surface area (Å²) < 4.78 is 5.16. The van der Waals surface area contributed by atoms with Crippen molar-refractivity contribution in [2.24, 2.45) is 5.92 Å². The Bertz CT molecular complexity index is 581. The molecular formula is C15H19NO4. The highest BCUT2D eigenvalue weighted by molar-refractivity contribution is 6.05. The molecule has 0 spiro atoms. The topological polar surface area (TPSA) is 76.2 Å². The summed E-state index contributed by atoms with van der Waals surface area (Å²) in [5.41, 5.74) is 2.17. The summed E-state index contributed by atoms with van der Waals surface area (Å²) in [4.78, 5) is 38.4. The minimum atomic E-state index is -0.834. The predicted molar refractivity (Wildman–Crippen MR) is 72.9 cm³/mol. The van der Waals surface area contributed by atoms with E-state index in [1.165, 1.54) is 6.92 Å². The molecule has 0 bridgehead atoms. The van der Waals surface area contributed by atoms with E-state index < -0.39 is 6.10 Å². The summed E-state index contributed by atoms with van der Waals surface area (Å²) in [6, 6.07) is 0. The highest BCUT2D eigenvalue weighted by Gasteiger charge is 2.34. The lowest BCUT2D eigenvalue weighted by molar-refractivity contribution is -0.147. The number of aryl methyl sites for hydroxylation is 1. The molecule has 1 aromatic heterocycles. The number of carbonyl (C=O) groups excluding carboxylic acids is 3. The standard InChI is InChI=1S/C15H19NO4/c1-7-12(9(3)17)8(2)16-13(7)14(18)10(4)20-15(19)11-5-6-11/h10-11,16H,5-6H2,1-4H3. The van der Waals surface area contributed by atoms with Gasteiger partial charge in [0.2, 0.25) is 5.78 Å². The summed E-state index contributed by atoms with van der Waals surface area (Å²) >= 11 is 0. The van der Waals surface area contributed by atoms with E-state index in [2.05, 4.69) is 4.98 Å². The van der Waals surface area contributed by atoms with Crippen LogP contribution in [0, 0.1) is 19.8 Å². The maximum absolute atomic E-state index is 12.3. The number of rotatable bonds is 5. The molecule has 0 aromatic carbocycles. The molecule has 1 unspecified atom stereocenters. The molecule has 0 saturated heterocycles. The van der Waals surface area contributed by atoms with E-state index in [9.17, 15) is 14.4 Å². The van der Waals surface area contributed by atoms with Crippen LogP contribution in [-0.4, -0.2) is 28.6 Å². The molecule has 2 rings (SSSR count). The highest BCUT2D eigenvalue weighted by Crippen LogP contribution is 2.31. The molecule has 0 aliphatic heterocycles.